The van der Waals surface area contributed by atoms with E-state index in [9.17, 15) is 9.59 Å². The summed E-state index contributed by atoms with van der Waals surface area (Å²) in [5.41, 5.74) is 11.2. The number of aryl methyl sites for hydroxylation is 1. The summed E-state index contributed by atoms with van der Waals surface area (Å²) in [6.07, 6.45) is 4.32. The van der Waals surface area contributed by atoms with E-state index >= 15 is 0 Å². The number of hydrogen-bond donors (Lipinski definition) is 2. The van der Waals surface area contributed by atoms with Crippen LogP contribution in [-0.2, 0) is 29.0 Å². The minimum atomic E-state index is -0.490. The van der Waals surface area contributed by atoms with E-state index in [2.05, 4.69) is 17.4 Å². The number of nitrogen functional groups attached to an aromatic ring is 1. The van der Waals surface area contributed by atoms with Gasteiger partial charge in [0.15, 0.2) is 0 Å². The molecule has 134 valence electrons. The van der Waals surface area contributed by atoms with Crippen LogP contribution in [0.4, 0.5) is 5.69 Å². The van der Waals surface area contributed by atoms with Crippen molar-refractivity contribution < 1.29 is 9.59 Å². The zero-order valence-corrected chi connectivity index (χ0v) is 14.7. The summed E-state index contributed by atoms with van der Waals surface area (Å²) < 4.78 is 0. The third kappa shape index (κ3) is 3.05. The second-order valence-electron chi connectivity index (χ2n) is 7.18. The second kappa shape index (κ2) is 6.83. The number of carbonyl (C=O) groups excluding carboxylic acids is 2. The number of nitrogens with two attached hydrogens (primary N) is 1. The lowest BCUT2D eigenvalue weighted by atomic mass is 9.87. The van der Waals surface area contributed by atoms with Crippen LogP contribution in [0.25, 0.3) is 0 Å². The predicted octanol–water partition coefficient (Wildman–Crippen LogP) is 2.35. The third-order valence-electron chi connectivity index (χ3n) is 5.52. The lowest BCUT2D eigenvalue weighted by Crippen LogP contribution is -2.50. The highest BCUT2D eigenvalue weighted by molar-refractivity contribution is 5.85. The molecule has 2 aliphatic rings. The Kier molecular flexibility index (Phi) is 4.37. The van der Waals surface area contributed by atoms with Crippen LogP contribution in [0.1, 0.15) is 41.1 Å². The number of benzene rings is 2. The monoisotopic (exact) mass is 349 g/mol. The first kappa shape index (κ1) is 16.6. The van der Waals surface area contributed by atoms with Gasteiger partial charge in [-0.05, 0) is 53.6 Å². The van der Waals surface area contributed by atoms with Crippen molar-refractivity contribution in [3.05, 3.63) is 64.7 Å². The molecule has 0 spiro atoms. The van der Waals surface area contributed by atoms with E-state index in [0.29, 0.717) is 18.7 Å². The van der Waals surface area contributed by atoms with Crippen LogP contribution in [-0.4, -0.2) is 23.3 Å². The Morgan fingerprint density at radius 3 is 2.85 bits per heavy atom. The summed E-state index contributed by atoms with van der Waals surface area (Å²) in [5.74, 6) is -0.0909. The summed E-state index contributed by atoms with van der Waals surface area (Å²) >= 11 is 0. The van der Waals surface area contributed by atoms with Crippen LogP contribution in [0.3, 0.4) is 0 Å². The van der Waals surface area contributed by atoms with E-state index in [1.165, 1.54) is 11.1 Å². The van der Waals surface area contributed by atoms with E-state index in [1.54, 1.807) is 4.90 Å². The van der Waals surface area contributed by atoms with Gasteiger partial charge in [-0.2, -0.15) is 0 Å². The van der Waals surface area contributed by atoms with Crippen LogP contribution >= 0.6 is 0 Å². The Bertz CT molecular complexity index is 849. The van der Waals surface area contributed by atoms with Crippen molar-refractivity contribution in [2.45, 2.75) is 44.3 Å². The normalized spacial score (nSPS) is 21.5. The SMILES string of the molecule is Nc1ccc2c(c1)CC(C(=O)NC1CCCc3ccccc31)N(C=O)C2. The molecule has 2 aromatic rings. The van der Waals surface area contributed by atoms with Gasteiger partial charge in [-0.3, -0.25) is 9.59 Å². The minimum absolute atomic E-state index is 0.0168. The van der Waals surface area contributed by atoms with Crippen molar-refractivity contribution in [3.63, 3.8) is 0 Å². The molecule has 3 N–H and O–H groups in total. The zero-order valence-electron chi connectivity index (χ0n) is 14.7. The summed E-state index contributed by atoms with van der Waals surface area (Å²) in [7, 11) is 0. The Morgan fingerprint density at radius 2 is 2.00 bits per heavy atom. The molecular weight excluding hydrogens is 326 g/mol. The second-order valence-corrected chi connectivity index (χ2v) is 7.18. The summed E-state index contributed by atoms with van der Waals surface area (Å²) in [6, 6.07) is 13.5. The molecule has 1 aliphatic heterocycles. The smallest absolute Gasteiger partial charge is 0.243 e. The molecule has 2 unspecified atom stereocenters. The molecule has 5 nitrogen and oxygen atoms in total. The Morgan fingerprint density at radius 1 is 1.15 bits per heavy atom. The molecule has 26 heavy (non-hydrogen) atoms. The summed E-state index contributed by atoms with van der Waals surface area (Å²) in [5, 5.41) is 3.18. The first-order valence-electron chi connectivity index (χ1n) is 9.12. The maximum absolute atomic E-state index is 13.0. The number of anilines is 1. The minimum Gasteiger partial charge on any atom is -0.399 e. The summed E-state index contributed by atoms with van der Waals surface area (Å²) in [6.45, 7) is 0.443. The lowest BCUT2D eigenvalue weighted by Gasteiger charge is -2.35. The molecule has 0 radical (unpaired) electrons. The largest absolute Gasteiger partial charge is 0.399 e. The molecule has 2 aromatic carbocycles. The van der Waals surface area contributed by atoms with Gasteiger partial charge < -0.3 is 16.0 Å². The van der Waals surface area contributed by atoms with Gasteiger partial charge in [0.1, 0.15) is 6.04 Å². The van der Waals surface area contributed by atoms with Crippen LogP contribution < -0.4 is 11.1 Å². The Balaban J connectivity index is 1.55. The van der Waals surface area contributed by atoms with Gasteiger partial charge in [0, 0.05) is 18.7 Å². The quantitative estimate of drug-likeness (QED) is 0.660. The van der Waals surface area contributed by atoms with Gasteiger partial charge in [-0.25, -0.2) is 0 Å². The molecule has 0 saturated carbocycles. The van der Waals surface area contributed by atoms with Gasteiger partial charge >= 0.3 is 0 Å². The number of nitrogens with one attached hydrogen (secondary N) is 1. The number of nitrogens with zero attached hydrogens (tertiary/aromatic N) is 1. The molecule has 0 aromatic heterocycles. The highest BCUT2D eigenvalue weighted by Gasteiger charge is 2.32. The fourth-order valence-corrected chi connectivity index (χ4v) is 4.15. The van der Waals surface area contributed by atoms with Crippen molar-refractivity contribution in [3.8, 4) is 0 Å². The highest BCUT2D eigenvalue weighted by Crippen LogP contribution is 2.30. The first-order valence-corrected chi connectivity index (χ1v) is 9.12. The highest BCUT2D eigenvalue weighted by atomic mass is 16.2. The summed E-state index contributed by atoms with van der Waals surface area (Å²) in [4.78, 5) is 26.1. The van der Waals surface area contributed by atoms with E-state index in [4.69, 9.17) is 5.73 Å². The number of carbonyl (C=O) groups is 2. The van der Waals surface area contributed by atoms with Crippen molar-refractivity contribution in [1.29, 1.82) is 0 Å². The molecule has 2 atom stereocenters. The van der Waals surface area contributed by atoms with Crippen molar-refractivity contribution >= 4 is 18.0 Å². The van der Waals surface area contributed by atoms with E-state index in [1.807, 2.05) is 30.3 Å². The molecule has 4 rings (SSSR count). The topological polar surface area (TPSA) is 75.4 Å². The lowest BCUT2D eigenvalue weighted by molar-refractivity contribution is -0.134. The first-order chi connectivity index (χ1) is 12.7. The van der Waals surface area contributed by atoms with Gasteiger partial charge in [0.25, 0.3) is 0 Å². The number of amides is 2. The Hall–Kier alpha value is -2.82. The molecule has 0 saturated heterocycles. The fourth-order valence-electron chi connectivity index (χ4n) is 4.15. The van der Waals surface area contributed by atoms with Crippen LogP contribution in [0, 0.1) is 0 Å². The van der Waals surface area contributed by atoms with Crippen LogP contribution in [0.2, 0.25) is 0 Å². The molecular formula is C21H23N3O2. The molecule has 0 fully saturated rings. The van der Waals surface area contributed by atoms with Gasteiger partial charge in [-0.1, -0.05) is 30.3 Å². The van der Waals surface area contributed by atoms with Crippen molar-refractivity contribution in [2.24, 2.45) is 0 Å². The van der Waals surface area contributed by atoms with Gasteiger partial charge in [0.05, 0.1) is 6.04 Å². The number of rotatable bonds is 3. The van der Waals surface area contributed by atoms with Gasteiger partial charge in [-0.15, -0.1) is 0 Å². The molecule has 5 heteroatoms. The van der Waals surface area contributed by atoms with Crippen molar-refractivity contribution in [1.82, 2.24) is 10.2 Å². The fraction of sp³-hybridized carbons (Fsp3) is 0.333. The van der Waals surface area contributed by atoms with Crippen LogP contribution in [0.5, 0.6) is 0 Å². The predicted molar refractivity (Wildman–Crippen MR) is 100 cm³/mol. The maximum Gasteiger partial charge on any atom is 0.243 e. The molecule has 0 bridgehead atoms. The van der Waals surface area contributed by atoms with Gasteiger partial charge in [0.2, 0.25) is 12.3 Å². The van der Waals surface area contributed by atoms with E-state index in [-0.39, 0.29) is 11.9 Å². The maximum atomic E-state index is 13.0. The number of fused-ring (bicyclic) bond motifs is 2. The Labute approximate surface area is 153 Å². The third-order valence-corrected chi connectivity index (χ3v) is 5.52. The zero-order chi connectivity index (χ0) is 18.1. The molecule has 1 aliphatic carbocycles. The van der Waals surface area contributed by atoms with E-state index < -0.39 is 6.04 Å². The van der Waals surface area contributed by atoms with E-state index in [0.717, 1.165) is 36.8 Å². The molecule has 1 heterocycles. The number of hydrogen-bond acceptors (Lipinski definition) is 3. The average molecular weight is 349 g/mol. The molecule has 2 amide bonds. The average Bonchev–Trinajstić information content (AvgIpc) is 2.67. The van der Waals surface area contributed by atoms with Crippen molar-refractivity contribution in [2.75, 3.05) is 5.73 Å². The van der Waals surface area contributed by atoms with Crippen LogP contribution in [0.15, 0.2) is 42.5 Å². The standard InChI is InChI=1S/C21H23N3O2/c22-17-9-8-15-12-24(13-25)20(11-16(15)10-17)21(26)23-19-7-3-5-14-4-1-2-6-18(14)19/h1-2,4,6,8-10,13,19-20H,3,5,7,11-12,22H2,(H,23,26).